The second-order valence-corrected chi connectivity index (χ2v) is 6.33. The highest BCUT2D eigenvalue weighted by Gasteiger charge is 2.25. The van der Waals surface area contributed by atoms with Crippen LogP contribution in [0.2, 0.25) is 0 Å². The van der Waals surface area contributed by atoms with E-state index in [1.807, 2.05) is 0 Å². The van der Waals surface area contributed by atoms with E-state index >= 15 is 0 Å². The van der Waals surface area contributed by atoms with Crippen LogP contribution in [0.1, 0.15) is 37.8 Å². The van der Waals surface area contributed by atoms with Crippen LogP contribution in [-0.4, -0.2) is 47.8 Å². The van der Waals surface area contributed by atoms with E-state index in [0.29, 0.717) is 17.7 Å². The average molecular weight is 373 g/mol. The average Bonchev–Trinajstić information content (AvgIpc) is 3.06. The van der Waals surface area contributed by atoms with Crippen LogP contribution < -0.4 is 16.4 Å². The highest BCUT2D eigenvalue weighted by molar-refractivity contribution is 6.02. The van der Waals surface area contributed by atoms with Crippen LogP contribution in [-0.2, 0) is 19.2 Å². The number of rotatable bonds is 8. The summed E-state index contributed by atoms with van der Waals surface area (Å²) in [6, 6.07) is 6.30. The zero-order chi connectivity index (χ0) is 20.0. The molecule has 0 saturated heterocycles. The largest absolute Gasteiger partial charge is 0.391 e. The maximum absolute atomic E-state index is 12.1. The van der Waals surface area contributed by atoms with E-state index in [2.05, 4.69) is 15.8 Å². The van der Waals surface area contributed by atoms with Crippen LogP contribution in [0.25, 0.3) is 0 Å². The summed E-state index contributed by atoms with van der Waals surface area (Å²) in [7, 11) is 0. The van der Waals surface area contributed by atoms with Gasteiger partial charge in [-0.25, -0.2) is 0 Å². The molecule has 0 bridgehead atoms. The van der Waals surface area contributed by atoms with Crippen molar-refractivity contribution in [1.82, 2.24) is 10.6 Å². The lowest BCUT2D eigenvalue weighted by Gasteiger charge is -2.16. The molecule has 0 aromatic heterocycles. The van der Waals surface area contributed by atoms with Gasteiger partial charge in [0, 0.05) is 25.5 Å². The Morgan fingerprint density at radius 3 is 2.52 bits per heavy atom. The summed E-state index contributed by atoms with van der Waals surface area (Å²) in [5.41, 5.74) is 7.60. The fourth-order valence-electron chi connectivity index (χ4n) is 2.59. The van der Waals surface area contributed by atoms with Crippen molar-refractivity contribution in [3.05, 3.63) is 35.4 Å². The molecule has 0 aliphatic carbocycles. The van der Waals surface area contributed by atoms with Gasteiger partial charge < -0.3 is 21.2 Å². The summed E-state index contributed by atoms with van der Waals surface area (Å²) in [5.74, 6) is -0.872. The summed E-state index contributed by atoms with van der Waals surface area (Å²) in [5, 5.41) is 16.5. The number of hydrogen-bond donors (Lipinski definition) is 4. The molecule has 0 radical (unpaired) electrons. The molecule has 1 aliphatic heterocycles. The number of hydrogen-bond acceptors (Lipinski definition) is 6. The van der Waals surface area contributed by atoms with Crippen LogP contribution in [0.3, 0.4) is 0 Å². The maximum atomic E-state index is 12.1. The monoisotopic (exact) mass is 373 g/mol. The standard InChI is InChI=1S/C18H23N5O4/c1-10(24)16(22-11(2)25)9-21-17(26)8-14-7-15(23-27-14)12-3-5-13(6-4-12)18(19)20/h3-6,14,16H,7-9H2,1-2H3,(H3,19,20)(H,21,26)(H,22,25). The lowest BCUT2D eigenvalue weighted by Crippen LogP contribution is -2.47. The summed E-state index contributed by atoms with van der Waals surface area (Å²) >= 11 is 0. The Bertz CT molecular complexity index is 772. The number of amides is 2. The molecular formula is C18H23N5O4. The molecule has 0 fully saturated rings. The van der Waals surface area contributed by atoms with E-state index < -0.39 is 12.1 Å². The Morgan fingerprint density at radius 2 is 1.96 bits per heavy atom. The van der Waals surface area contributed by atoms with Gasteiger partial charge in [-0.2, -0.15) is 0 Å². The van der Waals surface area contributed by atoms with Crippen molar-refractivity contribution in [3.8, 4) is 0 Å². The molecule has 2 atom stereocenters. The number of ketones is 1. The molecule has 27 heavy (non-hydrogen) atoms. The van der Waals surface area contributed by atoms with Gasteiger partial charge in [0.15, 0.2) is 5.78 Å². The van der Waals surface area contributed by atoms with Gasteiger partial charge in [-0.15, -0.1) is 0 Å². The first-order chi connectivity index (χ1) is 12.8. The Kier molecular flexibility index (Phi) is 6.64. The molecule has 1 heterocycles. The minimum Gasteiger partial charge on any atom is -0.391 e. The smallest absolute Gasteiger partial charge is 0.223 e. The third kappa shape index (κ3) is 5.91. The fourth-order valence-corrected chi connectivity index (χ4v) is 2.59. The normalized spacial score (nSPS) is 16.7. The first kappa shape index (κ1) is 20.1. The third-order valence-electron chi connectivity index (χ3n) is 4.05. The summed E-state index contributed by atoms with van der Waals surface area (Å²) < 4.78 is 0. The van der Waals surface area contributed by atoms with Crippen molar-refractivity contribution in [2.45, 2.75) is 38.8 Å². The topological polar surface area (TPSA) is 147 Å². The van der Waals surface area contributed by atoms with Crippen LogP contribution >= 0.6 is 0 Å². The van der Waals surface area contributed by atoms with Crippen LogP contribution in [0.5, 0.6) is 0 Å². The highest BCUT2D eigenvalue weighted by atomic mass is 16.6. The van der Waals surface area contributed by atoms with Gasteiger partial charge in [0.1, 0.15) is 18.0 Å². The van der Waals surface area contributed by atoms with E-state index in [0.717, 1.165) is 5.56 Å². The van der Waals surface area contributed by atoms with Gasteiger partial charge in [0.05, 0.1) is 12.1 Å². The molecule has 5 N–H and O–H groups in total. The Labute approximate surface area is 156 Å². The van der Waals surface area contributed by atoms with E-state index in [1.165, 1.54) is 13.8 Å². The zero-order valence-electron chi connectivity index (χ0n) is 15.2. The lowest BCUT2D eigenvalue weighted by atomic mass is 10.0. The minimum absolute atomic E-state index is 0.0103. The molecular weight excluding hydrogens is 350 g/mol. The summed E-state index contributed by atoms with van der Waals surface area (Å²) in [6.45, 7) is 2.69. The van der Waals surface area contributed by atoms with Crippen molar-refractivity contribution in [3.63, 3.8) is 0 Å². The molecule has 0 saturated carbocycles. The molecule has 1 aromatic carbocycles. The Balaban J connectivity index is 1.82. The molecule has 2 rings (SSSR count). The van der Waals surface area contributed by atoms with Gasteiger partial charge in [0.2, 0.25) is 11.8 Å². The third-order valence-corrected chi connectivity index (χ3v) is 4.05. The number of nitrogens with zero attached hydrogens (tertiary/aromatic N) is 1. The van der Waals surface area contributed by atoms with Crippen molar-refractivity contribution >= 4 is 29.1 Å². The highest BCUT2D eigenvalue weighted by Crippen LogP contribution is 2.19. The van der Waals surface area contributed by atoms with E-state index in [9.17, 15) is 14.4 Å². The van der Waals surface area contributed by atoms with E-state index in [4.69, 9.17) is 16.0 Å². The SMILES string of the molecule is CC(=O)NC(CNC(=O)CC1CC(c2ccc(C(=N)N)cc2)=NO1)C(C)=O. The molecule has 1 aromatic rings. The molecule has 2 amide bonds. The number of carbonyl (C=O) groups is 3. The van der Waals surface area contributed by atoms with Crippen LogP contribution in [0.4, 0.5) is 0 Å². The Hall–Kier alpha value is -3.23. The molecule has 9 nitrogen and oxygen atoms in total. The summed E-state index contributed by atoms with van der Waals surface area (Å²) in [6.07, 6.45) is 0.154. The molecule has 2 unspecified atom stereocenters. The van der Waals surface area contributed by atoms with E-state index in [1.54, 1.807) is 24.3 Å². The number of benzene rings is 1. The lowest BCUT2D eigenvalue weighted by molar-refractivity contribution is -0.127. The van der Waals surface area contributed by atoms with Gasteiger partial charge in [-0.05, 0) is 12.5 Å². The van der Waals surface area contributed by atoms with Gasteiger partial charge >= 0.3 is 0 Å². The number of carbonyl (C=O) groups excluding carboxylic acids is 3. The number of Topliss-reactive ketones (excluding diaryl/α,β-unsaturated/α-hetero) is 1. The fraction of sp³-hybridized carbons (Fsp3) is 0.389. The molecule has 1 aliphatic rings. The molecule has 144 valence electrons. The number of amidine groups is 1. The predicted octanol–water partition coefficient (Wildman–Crippen LogP) is 0.0637. The second-order valence-electron chi connectivity index (χ2n) is 6.33. The van der Waals surface area contributed by atoms with Crippen molar-refractivity contribution < 1.29 is 19.2 Å². The quantitative estimate of drug-likeness (QED) is 0.376. The molecule has 9 heteroatoms. The Morgan fingerprint density at radius 1 is 1.30 bits per heavy atom. The predicted molar refractivity (Wildman–Crippen MR) is 99.4 cm³/mol. The number of nitrogen functional groups attached to an aromatic ring is 1. The van der Waals surface area contributed by atoms with Crippen LogP contribution in [0.15, 0.2) is 29.4 Å². The molecule has 0 spiro atoms. The zero-order valence-corrected chi connectivity index (χ0v) is 15.2. The van der Waals surface area contributed by atoms with Gasteiger partial charge in [0.25, 0.3) is 0 Å². The first-order valence-corrected chi connectivity index (χ1v) is 8.48. The number of nitrogens with one attached hydrogen (secondary N) is 3. The van der Waals surface area contributed by atoms with Gasteiger partial charge in [-0.3, -0.25) is 19.8 Å². The summed E-state index contributed by atoms with van der Waals surface area (Å²) in [4.78, 5) is 39.9. The number of nitrogens with two attached hydrogens (primary N) is 1. The van der Waals surface area contributed by atoms with Crippen molar-refractivity contribution in [1.29, 1.82) is 5.41 Å². The van der Waals surface area contributed by atoms with Gasteiger partial charge in [-0.1, -0.05) is 29.4 Å². The first-order valence-electron chi connectivity index (χ1n) is 8.48. The maximum Gasteiger partial charge on any atom is 0.223 e. The second kappa shape index (κ2) is 8.93. The van der Waals surface area contributed by atoms with Crippen molar-refractivity contribution in [2.75, 3.05) is 6.54 Å². The number of oxime groups is 1. The van der Waals surface area contributed by atoms with E-state index in [-0.39, 0.29) is 36.4 Å². The minimum atomic E-state index is -0.748. The van der Waals surface area contributed by atoms with Crippen LogP contribution in [0, 0.1) is 5.41 Å². The van der Waals surface area contributed by atoms with Crippen molar-refractivity contribution in [2.24, 2.45) is 10.9 Å².